The molecule has 172 valence electrons. The van der Waals surface area contributed by atoms with Crippen molar-refractivity contribution in [1.29, 1.82) is 0 Å². The van der Waals surface area contributed by atoms with Crippen molar-refractivity contribution >= 4 is 40.6 Å². The Bertz CT molecular complexity index is 1190. The third-order valence-electron chi connectivity index (χ3n) is 4.24. The van der Waals surface area contributed by atoms with Crippen molar-refractivity contribution in [3.63, 3.8) is 0 Å². The average Bonchev–Trinajstić information content (AvgIpc) is 3.16. The fraction of sp³-hybridized carbons (Fsp3) is 0.174. The van der Waals surface area contributed by atoms with Crippen molar-refractivity contribution in [1.82, 2.24) is 4.98 Å². The molecule has 0 fully saturated rings. The van der Waals surface area contributed by atoms with Crippen LogP contribution in [0.15, 0.2) is 53.9 Å². The van der Waals surface area contributed by atoms with Gasteiger partial charge in [0.1, 0.15) is 12.4 Å². The Balaban J connectivity index is 1.68. The van der Waals surface area contributed by atoms with E-state index in [1.54, 1.807) is 24.3 Å². The molecule has 2 aromatic carbocycles. The smallest absolute Gasteiger partial charge is 0.418 e. The number of alkyl halides is 3. The summed E-state index contributed by atoms with van der Waals surface area (Å²) in [5.41, 5.74) is -0.0602. The molecule has 0 spiro atoms. The molecule has 0 unspecified atom stereocenters. The zero-order valence-corrected chi connectivity index (χ0v) is 18.5. The van der Waals surface area contributed by atoms with Crippen LogP contribution in [0.1, 0.15) is 28.8 Å². The average molecular weight is 475 g/mol. The van der Waals surface area contributed by atoms with Crippen LogP contribution in [-0.2, 0) is 22.4 Å². The molecule has 10 heteroatoms. The number of ether oxygens (including phenoxy) is 1. The Kier molecular flexibility index (Phi) is 7.49. The number of aryl methyl sites for hydroxylation is 1. The molecule has 2 amide bonds. The van der Waals surface area contributed by atoms with Crippen molar-refractivity contribution in [2.75, 3.05) is 10.6 Å². The normalized spacial score (nSPS) is 11.4. The van der Waals surface area contributed by atoms with E-state index in [1.807, 2.05) is 12.3 Å². The maximum absolute atomic E-state index is 13.4. The number of benzene rings is 2. The molecule has 0 saturated carbocycles. The first-order chi connectivity index (χ1) is 15.6. The van der Waals surface area contributed by atoms with Crippen molar-refractivity contribution < 1.29 is 27.5 Å². The Morgan fingerprint density at radius 3 is 2.61 bits per heavy atom. The predicted molar refractivity (Wildman–Crippen MR) is 121 cm³/mol. The summed E-state index contributed by atoms with van der Waals surface area (Å²) in [5, 5.41) is 7.37. The van der Waals surface area contributed by atoms with Gasteiger partial charge in [-0.05, 0) is 48.9 Å². The van der Waals surface area contributed by atoms with Crippen LogP contribution in [-0.4, -0.2) is 16.8 Å². The topological polar surface area (TPSA) is 80.3 Å². The highest BCUT2D eigenvalue weighted by atomic mass is 32.1. The third kappa shape index (κ3) is 7.18. The van der Waals surface area contributed by atoms with E-state index in [2.05, 4.69) is 15.6 Å². The van der Waals surface area contributed by atoms with Gasteiger partial charge in [0.25, 0.3) is 0 Å². The van der Waals surface area contributed by atoms with Gasteiger partial charge in [-0.3, -0.25) is 9.59 Å². The van der Waals surface area contributed by atoms with Gasteiger partial charge in [0, 0.05) is 24.1 Å². The number of hydrogen-bond donors (Lipinski definition) is 2. The van der Waals surface area contributed by atoms with E-state index >= 15 is 0 Å². The van der Waals surface area contributed by atoms with Crippen LogP contribution >= 0.6 is 11.3 Å². The molecule has 6 nitrogen and oxygen atoms in total. The molecule has 0 atom stereocenters. The van der Waals surface area contributed by atoms with Crippen LogP contribution in [0.4, 0.5) is 24.5 Å². The monoisotopic (exact) mass is 475 g/mol. The minimum absolute atomic E-state index is 0.0204. The van der Waals surface area contributed by atoms with Gasteiger partial charge in [0.2, 0.25) is 11.8 Å². The summed E-state index contributed by atoms with van der Waals surface area (Å²) in [6.07, 6.45) is -2.12. The predicted octanol–water partition coefficient (Wildman–Crippen LogP) is 5.66. The van der Waals surface area contributed by atoms with E-state index in [-0.39, 0.29) is 5.69 Å². The first-order valence-electron chi connectivity index (χ1n) is 9.72. The number of aromatic nitrogens is 1. The van der Waals surface area contributed by atoms with E-state index in [1.165, 1.54) is 30.4 Å². The summed E-state index contributed by atoms with van der Waals surface area (Å²) >= 11 is 1.52. The van der Waals surface area contributed by atoms with Crippen LogP contribution in [0.3, 0.4) is 0 Å². The third-order valence-corrected chi connectivity index (χ3v) is 5.06. The number of nitrogens with zero attached hydrogens (tertiary/aromatic N) is 1. The Morgan fingerprint density at radius 1 is 1.15 bits per heavy atom. The van der Waals surface area contributed by atoms with E-state index in [4.69, 9.17) is 4.74 Å². The summed E-state index contributed by atoms with van der Waals surface area (Å²) < 4.78 is 45.9. The van der Waals surface area contributed by atoms with Gasteiger partial charge in [-0.25, -0.2) is 4.98 Å². The standard InChI is InChI=1S/C23H20F3N3O3S/c1-14(30)27-17-7-8-21(20(11-17)23(24,25)26)29-22(31)9-6-16-4-3-5-19(10-16)32-12-18-13-33-15(2)28-18/h3-11,13H,12H2,1-2H3,(H,27,30)(H,29,31)/b9-6+. The summed E-state index contributed by atoms with van der Waals surface area (Å²) in [7, 11) is 0. The number of carbonyl (C=O) groups is 2. The molecule has 1 heterocycles. The number of nitrogens with one attached hydrogen (secondary N) is 2. The molecule has 0 aliphatic rings. The van der Waals surface area contributed by atoms with Crippen LogP contribution in [0.5, 0.6) is 5.75 Å². The first-order valence-corrected chi connectivity index (χ1v) is 10.6. The lowest BCUT2D eigenvalue weighted by molar-refractivity contribution is -0.137. The minimum atomic E-state index is -4.72. The largest absolute Gasteiger partial charge is 0.487 e. The highest BCUT2D eigenvalue weighted by molar-refractivity contribution is 7.09. The van der Waals surface area contributed by atoms with Crippen LogP contribution < -0.4 is 15.4 Å². The van der Waals surface area contributed by atoms with Gasteiger partial charge >= 0.3 is 6.18 Å². The number of hydrogen-bond acceptors (Lipinski definition) is 5. The maximum Gasteiger partial charge on any atom is 0.418 e. The van der Waals surface area contributed by atoms with Crippen LogP contribution in [0.2, 0.25) is 0 Å². The lowest BCUT2D eigenvalue weighted by Crippen LogP contribution is -2.16. The number of anilines is 2. The Morgan fingerprint density at radius 2 is 1.94 bits per heavy atom. The summed E-state index contributed by atoms with van der Waals surface area (Å²) in [6, 6.07) is 10.1. The molecule has 2 N–H and O–H groups in total. The highest BCUT2D eigenvalue weighted by Crippen LogP contribution is 2.36. The number of halogens is 3. The molecular weight excluding hydrogens is 455 g/mol. The van der Waals surface area contributed by atoms with Gasteiger partial charge in [-0.15, -0.1) is 11.3 Å². The number of rotatable bonds is 7. The molecule has 0 aliphatic heterocycles. The molecule has 3 aromatic rings. The van der Waals surface area contributed by atoms with E-state index in [0.717, 1.165) is 28.9 Å². The quantitative estimate of drug-likeness (QED) is 0.432. The van der Waals surface area contributed by atoms with Crippen molar-refractivity contribution in [2.45, 2.75) is 26.6 Å². The molecule has 33 heavy (non-hydrogen) atoms. The number of carbonyl (C=O) groups excluding carboxylic acids is 2. The van der Waals surface area contributed by atoms with Gasteiger partial charge < -0.3 is 15.4 Å². The lowest BCUT2D eigenvalue weighted by Gasteiger charge is -2.15. The summed E-state index contributed by atoms with van der Waals surface area (Å²) in [6.45, 7) is 3.39. The van der Waals surface area contributed by atoms with Crippen molar-refractivity contribution in [3.05, 3.63) is 75.7 Å². The van der Waals surface area contributed by atoms with Gasteiger partial charge in [0.15, 0.2) is 0 Å². The lowest BCUT2D eigenvalue weighted by atomic mass is 10.1. The highest BCUT2D eigenvalue weighted by Gasteiger charge is 2.34. The molecule has 0 bridgehead atoms. The zero-order valence-electron chi connectivity index (χ0n) is 17.7. The van der Waals surface area contributed by atoms with Crippen LogP contribution in [0.25, 0.3) is 6.08 Å². The first kappa shape index (κ1) is 24.0. The van der Waals surface area contributed by atoms with Gasteiger partial charge in [0.05, 0.1) is 22.0 Å². The Hall–Kier alpha value is -3.66. The zero-order chi connectivity index (χ0) is 24.0. The fourth-order valence-electron chi connectivity index (χ4n) is 2.85. The number of thiazole rings is 1. The Labute approximate surface area is 192 Å². The minimum Gasteiger partial charge on any atom is -0.487 e. The van der Waals surface area contributed by atoms with E-state index in [0.29, 0.717) is 17.9 Å². The molecule has 3 rings (SSSR count). The van der Waals surface area contributed by atoms with Gasteiger partial charge in [-0.1, -0.05) is 12.1 Å². The molecule has 0 radical (unpaired) electrons. The van der Waals surface area contributed by atoms with E-state index in [9.17, 15) is 22.8 Å². The van der Waals surface area contributed by atoms with E-state index < -0.39 is 29.2 Å². The van der Waals surface area contributed by atoms with Crippen molar-refractivity contribution in [2.24, 2.45) is 0 Å². The van der Waals surface area contributed by atoms with Crippen molar-refractivity contribution in [3.8, 4) is 5.75 Å². The van der Waals surface area contributed by atoms with Gasteiger partial charge in [-0.2, -0.15) is 13.2 Å². The maximum atomic E-state index is 13.4. The SMILES string of the molecule is CC(=O)Nc1ccc(NC(=O)/C=C/c2cccc(OCc3csc(C)n3)c2)c(C(F)(F)F)c1. The molecule has 1 aromatic heterocycles. The second-order valence-electron chi connectivity index (χ2n) is 6.98. The number of amides is 2. The molecular formula is C23H20F3N3O3S. The molecule has 0 saturated heterocycles. The van der Waals surface area contributed by atoms with Crippen LogP contribution in [0, 0.1) is 6.92 Å². The second-order valence-corrected chi connectivity index (χ2v) is 8.04. The second kappa shape index (κ2) is 10.3. The summed E-state index contributed by atoms with van der Waals surface area (Å²) in [5.74, 6) is -0.677. The summed E-state index contributed by atoms with van der Waals surface area (Å²) in [4.78, 5) is 27.7. The fourth-order valence-corrected chi connectivity index (χ4v) is 3.45. The molecule has 0 aliphatic carbocycles.